The van der Waals surface area contributed by atoms with E-state index in [4.69, 9.17) is 26.0 Å². The summed E-state index contributed by atoms with van der Waals surface area (Å²) in [6.45, 7) is 4.93. The Labute approximate surface area is 246 Å². The second-order valence-corrected chi connectivity index (χ2v) is 11.6. The first-order chi connectivity index (χ1) is 19.5. The molecule has 0 aromatic rings. The molecule has 1 unspecified atom stereocenters. The molecule has 0 aliphatic heterocycles. The first-order valence-electron chi connectivity index (χ1n) is 16.8. The minimum atomic E-state index is -0.660. The smallest absolute Gasteiger partial charge is 0.303 e. The van der Waals surface area contributed by atoms with Gasteiger partial charge in [0.1, 0.15) is 0 Å². The summed E-state index contributed by atoms with van der Waals surface area (Å²) in [7, 11) is 0. The number of guanidine groups is 1. The lowest BCUT2D eigenvalue weighted by molar-refractivity contribution is -0.293. The van der Waals surface area contributed by atoms with Gasteiger partial charge in [0.25, 0.3) is 0 Å². The highest BCUT2D eigenvalue weighted by Crippen LogP contribution is 2.15. The first kappa shape index (κ1) is 38.6. The Balaban J connectivity index is 3.10. The van der Waals surface area contributed by atoms with Gasteiger partial charge in [-0.2, -0.15) is 0 Å². The number of rotatable bonds is 33. The Bertz CT molecular complexity index is 551. The van der Waals surface area contributed by atoms with E-state index in [0.717, 1.165) is 45.2 Å². The topological polar surface area (TPSA) is 130 Å². The van der Waals surface area contributed by atoms with Gasteiger partial charge in [0.05, 0.1) is 13.2 Å². The van der Waals surface area contributed by atoms with Gasteiger partial charge in [-0.25, -0.2) is 9.78 Å². The highest BCUT2D eigenvalue weighted by atomic mass is 17.2. The van der Waals surface area contributed by atoms with Crippen molar-refractivity contribution in [3.05, 3.63) is 0 Å². The van der Waals surface area contributed by atoms with Gasteiger partial charge < -0.3 is 21.5 Å². The molecule has 0 saturated carbocycles. The van der Waals surface area contributed by atoms with Crippen molar-refractivity contribution >= 4 is 11.9 Å². The lowest BCUT2D eigenvalue weighted by Crippen LogP contribution is -2.33. The van der Waals surface area contributed by atoms with E-state index in [-0.39, 0.29) is 5.96 Å². The minimum absolute atomic E-state index is 0.0361. The Morgan fingerprint density at radius 3 is 1.48 bits per heavy atom. The zero-order valence-corrected chi connectivity index (χ0v) is 26.1. The average Bonchev–Trinajstić information content (AvgIpc) is 2.92. The monoisotopic (exact) mass is 571 g/mol. The molecule has 1 atom stereocenters. The molecule has 238 valence electrons. The van der Waals surface area contributed by atoms with Gasteiger partial charge in [0, 0.05) is 25.6 Å². The molecule has 0 aliphatic carbocycles. The summed E-state index contributed by atoms with van der Waals surface area (Å²) in [6, 6.07) is 0.412. The van der Waals surface area contributed by atoms with Crippen molar-refractivity contribution in [1.29, 1.82) is 5.41 Å². The van der Waals surface area contributed by atoms with Crippen molar-refractivity contribution in [3.8, 4) is 0 Å². The Kier molecular flexibility index (Phi) is 31.0. The maximum atomic E-state index is 10.5. The number of hydrogen-bond acceptors (Lipinski definition) is 5. The fourth-order valence-electron chi connectivity index (χ4n) is 4.99. The second kappa shape index (κ2) is 32.1. The maximum absolute atomic E-state index is 10.5. The van der Waals surface area contributed by atoms with Crippen LogP contribution in [0.25, 0.3) is 0 Å². The molecule has 0 amide bonds. The van der Waals surface area contributed by atoms with Gasteiger partial charge in [-0.3, -0.25) is 10.2 Å². The number of carboxylic acids is 1. The summed E-state index contributed by atoms with van der Waals surface area (Å²) in [4.78, 5) is 21.0. The minimum Gasteiger partial charge on any atom is -0.481 e. The van der Waals surface area contributed by atoms with Gasteiger partial charge >= 0.3 is 5.97 Å². The lowest BCUT2D eigenvalue weighted by Gasteiger charge is -2.13. The van der Waals surface area contributed by atoms with Crippen LogP contribution in [0.4, 0.5) is 0 Å². The van der Waals surface area contributed by atoms with Crippen molar-refractivity contribution in [1.82, 2.24) is 10.6 Å². The van der Waals surface area contributed by atoms with Gasteiger partial charge in [0.2, 0.25) is 0 Å². The van der Waals surface area contributed by atoms with Crippen LogP contribution in [0.1, 0.15) is 161 Å². The van der Waals surface area contributed by atoms with E-state index in [0.29, 0.717) is 25.7 Å². The van der Waals surface area contributed by atoms with Crippen molar-refractivity contribution in [3.63, 3.8) is 0 Å². The number of aliphatic carboxylic acids is 1. The number of carbonyl (C=O) groups is 1. The highest BCUT2D eigenvalue weighted by Gasteiger charge is 2.01. The summed E-state index contributed by atoms with van der Waals surface area (Å²) < 4.78 is 0. The largest absolute Gasteiger partial charge is 0.481 e. The summed E-state index contributed by atoms with van der Waals surface area (Å²) >= 11 is 0. The molecule has 0 rings (SSSR count). The number of nitrogens with one attached hydrogen (secondary N) is 3. The third kappa shape index (κ3) is 34.6. The number of unbranched alkanes of at least 4 members (excludes halogenated alkanes) is 20. The molecule has 0 aromatic heterocycles. The van der Waals surface area contributed by atoms with Crippen LogP contribution in [-0.4, -0.2) is 49.4 Å². The summed E-state index contributed by atoms with van der Waals surface area (Å²) in [6.07, 6.45) is 29.7. The molecule has 0 radical (unpaired) electrons. The number of hydrogen-bond donors (Lipinski definition) is 5. The van der Waals surface area contributed by atoms with Crippen molar-refractivity contribution < 1.29 is 19.7 Å². The molecule has 0 heterocycles. The van der Waals surface area contributed by atoms with Crippen molar-refractivity contribution in [2.75, 3.05) is 26.3 Å². The van der Waals surface area contributed by atoms with Crippen molar-refractivity contribution in [2.24, 2.45) is 5.73 Å². The molecule has 0 aliphatic rings. The van der Waals surface area contributed by atoms with Crippen LogP contribution in [0.2, 0.25) is 0 Å². The van der Waals surface area contributed by atoms with E-state index in [1.165, 1.54) is 116 Å². The van der Waals surface area contributed by atoms with Crippen LogP contribution in [-0.2, 0) is 14.6 Å². The van der Waals surface area contributed by atoms with E-state index in [1.807, 2.05) is 0 Å². The van der Waals surface area contributed by atoms with Gasteiger partial charge in [0.15, 0.2) is 5.96 Å². The average molecular weight is 571 g/mol. The van der Waals surface area contributed by atoms with Crippen LogP contribution in [0.15, 0.2) is 0 Å². The van der Waals surface area contributed by atoms with E-state index in [9.17, 15) is 4.79 Å². The van der Waals surface area contributed by atoms with Crippen LogP contribution in [0, 0.1) is 5.41 Å². The van der Waals surface area contributed by atoms with Crippen LogP contribution < -0.4 is 16.4 Å². The zero-order chi connectivity index (χ0) is 29.4. The third-order valence-corrected chi connectivity index (χ3v) is 7.51. The van der Waals surface area contributed by atoms with E-state index < -0.39 is 5.97 Å². The normalized spacial score (nSPS) is 12.0. The summed E-state index contributed by atoms with van der Waals surface area (Å²) in [5.74, 6) is -0.624. The number of carboxylic acid groups (broad SMARTS) is 1. The SMILES string of the molecule is CC(CCCNC(=N)N)NCCOOCCCCCCCCCCCCCCCCCCCCCCCC(=O)O. The molecule has 0 saturated heterocycles. The maximum Gasteiger partial charge on any atom is 0.303 e. The molecule has 0 spiro atoms. The fraction of sp³-hybridized carbons (Fsp3) is 0.938. The molecular weight excluding hydrogens is 504 g/mol. The fourth-order valence-corrected chi connectivity index (χ4v) is 4.99. The summed E-state index contributed by atoms with van der Waals surface area (Å²) in [5, 5.41) is 22.0. The van der Waals surface area contributed by atoms with E-state index >= 15 is 0 Å². The van der Waals surface area contributed by atoms with Gasteiger partial charge in [-0.05, 0) is 32.6 Å². The zero-order valence-electron chi connectivity index (χ0n) is 26.1. The molecule has 8 heteroatoms. The Morgan fingerprint density at radius 2 is 1.05 bits per heavy atom. The van der Waals surface area contributed by atoms with Crippen LogP contribution in [0.5, 0.6) is 0 Å². The van der Waals surface area contributed by atoms with E-state index in [1.54, 1.807) is 0 Å². The second-order valence-electron chi connectivity index (χ2n) is 11.6. The van der Waals surface area contributed by atoms with Gasteiger partial charge in [-0.1, -0.05) is 122 Å². The molecule has 0 fully saturated rings. The first-order valence-corrected chi connectivity index (χ1v) is 16.8. The molecular formula is C32H66N4O4. The Morgan fingerprint density at radius 1 is 0.650 bits per heavy atom. The van der Waals surface area contributed by atoms with Crippen molar-refractivity contribution in [2.45, 2.75) is 167 Å². The molecule has 40 heavy (non-hydrogen) atoms. The van der Waals surface area contributed by atoms with Gasteiger partial charge in [-0.15, -0.1) is 0 Å². The molecule has 6 N–H and O–H groups in total. The predicted octanol–water partition coefficient (Wildman–Crippen LogP) is 7.84. The molecule has 0 bridgehead atoms. The Hall–Kier alpha value is -1.38. The third-order valence-electron chi connectivity index (χ3n) is 7.51. The number of nitrogens with two attached hydrogens (primary N) is 1. The summed E-state index contributed by atoms with van der Waals surface area (Å²) in [5.41, 5.74) is 5.26. The van der Waals surface area contributed by atoms with E-state index in [2.05, 4.69) is 17.6 Å². The molecule has 0 aromatic carbocycles. The van der Waals surface area contributed by atoms with Crippen LogP contribution in [0.3, 0.4) is 0 Å². The predicted molar refractivity (Wildman–Crippen MR) is 168 cm³/mol. The van der Waals surface area contributed by atoms with Crippen LogP contribution >= 0.6 is 0 Å². The highest BCUT2D eigenvalue weighted by molar-refractivity contribution is 5.74. The lowest BCUT2D eigenvalue weighted by atomic mass is 10.0. The standard InChI is InChI=1S/C32H66N4O4/c1-30(24-23-26-36-32(33)34)35-27-29-40-39-28-22-20-18-16-14-12-10-8-6-4-2-3-5-7-9-11-13-15-17-19-21-25-31(37)38/h30,35H,2-29H2,1H3,(H,37,38)(H4,33,34,36). The molecule has 8 nitrogen and oxygen atoms in total. The quantitative estimate of drug-likeness (QED) is 0.0179.